The second-order valence-corrected chi connectivity index (χ2v) is 4.67. The predicted molar refractivity (Wildman–Crippen MR) is 72.5 cm³/mol. The monoisotopic (exact) mass is 326 g/mol. The molecule has 0 saturated heterocycles. The highest BCUT2D eigenvalue weighted by Crippen LogP contribution is 2.21. The third-order valence-corrected chi connectivity index (χ3v) is 2.84. The van der Waals surface area contributed by atoms with Crippen molar-refractivity contribution in [3.63, 3.8) is 0 Å². The Labute approximate surface area is 129 Å². The SMILES string of the molecule is CC(CC(=O)On1c(O)ccc1O)C(=O)On1c(O)ccc1O. The maximum absolute atomic E-state index is 11.8. The fourth-order valence-corrected chi connectivity index (χ4v) is 1.64. The van der Waals surface area contributed by atoms with Crippen molar-refractivity contribution >= 4 is 11.9 Å². The topological polar surface area (TPSA) is 143 Å². The van der Waals surface area contributed by atoms with E-state index in [0.717, 1.165) is 24.3 Å². The van der Waals surface area contributed by atoms with E-state index in [1.165, 1.54) is 6.92 Å². The average Bonchev–Trinajstić information content (AvgIpc) is 2.97. The highest BCUT2D eigenvalue weighted by molar-refractivity contribution is 5.80. The molecule has 10 heteroatoms. The normalized spacial score (nSPS) is 11.9. The van der Waals surface area contributed by atoms with Crippen LogP contribution in [0.25, 0.3) is 0 Å². The van der Waals surface area contributed by atoms with E-state index in [4.69, 9.17) is 4.84 Å². The molecule has 23 heavy (non-hydrogen) atoms. The van der Waals surface area contributed by atoms with Gasteiger partial charge in [-0.15, -0.1) is 9.46 Å². The van der Waals surface area contributed by atoms with Crippen LogP contribution < -0.4 is 9.68 Å². The molecular formula is C13H14N2O8. The van der Waals surface area contributed by atoms with Gasteiger partial charge in [-0.05, 0) is 0 Å². The van der Waals surface area contributed by atoms with Crippen molar-refractivity contribution in [3.05, 3.63) is 24.3 Å². The van der Waals surface area contributed by atoms with Crippen LogP contribution in [-0.2, 0) is 9.59 Å². The standard InChI is InChI=1S/C13H14N2O8/c1-7(13(21)23-15-10(18)4-5-11(15)19)6-12(20)22-14-8(16)2-3-9(14)17/h2-5,7,16-19H,6H2,1H3. The van der Waals surface area contributed by atoms with Crippen molar-refractivity contribution in [2.45, 2.75) is 13.3 Å². The van der Waals surface area contributed by atoms with Crippen molar-refractivity contribution in [1.29, 1.82) is 0 Å². The molecule has 0 aliphatic carbocycles. The van der Waals surface area contributed by atoms with Gasteiger partial charge in [-0.2, -0.15) is 0 Å². The van der Waals surface area contributed by atoms with Crippen molar-refractivity contribution < 1.29 is 39.7 Å². The van der Waals surface area contributed by atoms with E-state index in [1.54, 1.807) is 0 Å². The maximum Gasteiger partial charge on any atom is 0.336 e. The number of aromatic nitrogens is 2. The number of hydrogen-bond acceptors (Lipinski definition) is 8. The zero-order chi connectivity index (χ0) is 17.1. The van der Waals surface area contributed by atoms with Gasteiger partial charge in [0, 0.05) is 24.3 Å². The molecular weight excluding hydrogens is 312 g/mol. The van der Waals surface area contributed by atoms with E-state index >= 15 is 0 Å². The first-order chi connectivity index (χ1) is 10.8. The Morgan fingerprint density at radius 2 is 1.30 bits per heavy atom. The molecule has 0 bridgehead atoms. The van der Waals surface area contributed by atoms with Crippen LogP contribution >= 0.6 is 0 Å². The van der Waals surface area contributed by atoms with E-state index in [2.05, 4.69) is 4.84 Å². The minimum atomic E-state index is -0.983. The van der Waals surface area contributed by atoms with Gasteiger partial charge >= 0.3 is 11.9 Å². The first kappa shape index (κ1) is 16.1. The van der Waals surface area contributed by atoms with Crippen LogP contribution in [0.1, 0.15) is 13.3 Å². The van der Waals surface area contributed by atoms with Crippen LogP contribution in [0, 0.1) is 5.92 Å². The molecule has 0 aliphatic heterocycles. The zero-order valence-corrected chi connectivity index (χ0v) is 11.9. The van der Waals surface area contributed by atoms with E-state index < -0.39 is 47.8 Å². The third kappa shape index (κ3) is 3.48. The summed E-state index contributed by atoms with van der Waals surface area (Å²) in [7, 11) is 0. The Kier molecular flexibility index (Phi) is 4.35. The summed E-state index contributed by atoms with van der Waals surface area (Å²) in [5.74, 6) is -4.78. The Hall–Kier alpha value is -3.30. The van der Waals surface area contributed by atoms with Gasteiger partial charge in [0.05, 0.1) is 12.3 Å². The molecule has 1 unspecified atom stereocenters. The molecule has 0 radical (unpaired) electrons. The van der Waals surface area contributed by atoms with Gasteiger partial charge in [0.25, 0.3) is 0 Å². The smallest absolute Gasteiger partial charge is 0.336 e. The van der Waals surface area contributed by atoms with Gasteiger partial charge in [-0.1, -0.05) is 6.92 Å². The summed E-state index contributed by atoms with van der Waals surface area (Å²) < 4.78 is 0.984. The van der Waals surface area contributed by atoms with Crippen LogP contribution in [0.2, 0.25) is 0 Å². The predicted octanol–water partition coefficient (Wildman–Crippen LogP) is -0.251. The van der Waals surface area contributed by atoms with Crippen molar-refractivity contribution in [2.75, 3.05) is 0 Å². The molecule has 0 amide bonds. The summed E-state index contributed by atoms with van der Waals surface area (Å²) >= 11 is 0. The van der Waals surface area contributed by atoms with Crippen LogP contribution in [0.3, 0.4) is 0 Å². The molecule has 1 atom stereocenters. The molecule has 0 spiro atoms. The molecule has 10 nitrogen and oxygen atoms in total. The largest absolute Gasteiger partial charge is 0.492 e. The Morgan fingerprint density at radius 3 is 1.74 bits per heavy atom. The number of rotatable bonds is 5. The summed E-state index contributed by atoms with van der Waals surface area (Å²) in [5, 5.41) is 37.4. The van der Waals surface area contributed by atoms with Gasteiger partial charge < -0.3 is 30.1 Å². The quantitative estimate of drug-likeness (QED) is 0.589. The van der Waals surface area contributed by atoms with E-state index in [0.29, 0.717) is 9.46 Å². The lowest BCUT2D eigenvalue weighted by molar-refractivity contribution is -0.156. The van der Waals surface area contributed by atoms with E-state index in [-0.39, 0.29) is 0 Å². The fraction of sp³-hybridized carbons (Fsp3) is 0.231. The Bertz CT molecular complexity index is 693. The number of hydrogen-bond donors (Lipinski definition) is 4. The first-order valence-electron chi connectivity index (χ1n) is 6.42. The first-order valence-corrected chi connectivity index (χ1v) is 6.42. The molecule has 4 N–H and O–H groups in total. The minimum Gasteiger partial charge on any atom is -0.492 e. The molecule has 2 aromatic heterocycles. The molecule has 0 aliphatic rings. The summed E-state index contributed by atoms with van der Waals surface area (Å²) in [4.78, 5) is 32.9. The van der Waals surface area contributed by atoms with Gasteiger partial charge in [-0.3, -0.25) is 0 Å². The number of nitrogens with zero attached hydrogens (tertiary/aromatic N) is 2. The number of carbonyl (C=O) groups is 2. The molecule has 2 aromatic rings. The minimum absolute atomic E-state index is 0.432. The highest BCUT2D eigenvalue weighted by atomic mass is 16.7. The lowest BCUT2D eigenvalue weighted by Crippen LogP contribution is -2.29. The van der Waals surface area contributed by atoms with Crippen molar-refractivity contribution in [1.82, 2.24) is 9.46 Å². The van der Waals surface area contributed by atoms with Gasteiger partial charge in [0.2, 0.25) is 23.5 Å². The second-order valence-electron chi connectivity index (χ2n) is 4.67. The Morgan fingerprint density at radius 1 is 0.913 bits per heavy atom. The Balaban J connectivity index is 1.94. The van der Waals surface area contributed by atoms with E-state index in [9.17, 15) is 30.0 Å². The molecule has 2 heterocycles. The number of aromatic hydroxyl groups is 4. The molecule has 0 fully saturated rings. The van der Waals surface area contributed by atoms with Crippen LogP contribution in [0.15, 0.2) is 24.3 Å². The highest BCUT2D eigenvalue weighted by Gasteiger charge is 2.23. The molecule has 0 saturated carbocycles. The summed E-state index contributed by atoms with van der Waals surface area (Å²) in [6.45, 7) is 1.36. The van der Waals surface area contributed by atoms with Gasteiger partial charge in [0.15, 0.2) is 0 Å². The average molecular weight is 326 g/mol. The summed E-state index contributed by atoms with van der Waals surface area (Å²) in [5.41, 5.74) is 0. The zero-order valence-electron chi connectivity index (χ0n) is 11.9. The summed E-state index contributed by atoms with van der Waals surface area (Å²) in [6.07, 6.45) is -0.432. The van der Waals surface area contributed by atoms with Crippen LogP contribution in [-0.4, -0.2) is 41.8 Å². The summed E-state index contributed by atoms with van der Waals surface area (Å²) in [6, 6.07) is 4.44. The van der Waals surface area contributed by atoms with Crippen LogP contribution in [0.5, 0.6) is 23.5 Å². The third-order valence-electron chi connectivity index (χ3n) is 2.84. The molecule has 124 valence electrons. The van der Waals surface area contributed by atoms with Gasteiger partial charge in [0.1, 0.15) is 0 Å². The lowest BCUT2D eigenvalue weighted by atomic mass is 10.1. The maximum atomic E-state index is 11.8. The second kappa shape index (κ2) is 6.22. The molecule has 2 rings (SSSR count). The van der Waals surface area contributed by atoms with Crippen molar-refractivity contribution in [3.8, 4) is 23.5 Å². The van der Waals surface area contributed by atoms with E-state index in [1.807, 2.05) is 0 Å². The van der Waals surface area contributed by atoms with Gasteiger partial charge in [-0.25, -0.2) is 9.59 Å². The van der Waals surface area contributed by atoms with Crippen molar-refractivity contribution in [2.24, 2.45) is 5.92 Å². The van der Waals surface area contributed by atoms with Crippen LogP contribution in [0.4, 0.5) is 0 Å². The molecule has 0 aromatic carbocycles. The lowest BCUT2D eigenvalue weighted by Gasteiger charge is -2.12. The fourth-order valence-electron chi connectivity index (χ4n) is 1.64. The number of carbonyl (C=O) groups excluding carboxylic acids is 2.